The summed E-state index contributed by atoms with van der Waals surface area (Å²) in [6.07, 6.45) is 0. The topological polar surface area (TPSA) is 38.3 Å². The van der Waals surface area contributed by atoms with Gasteiger partial charge in [-0.2, -0.15) is 0 Å². The monoisotopic (exact) mass is 321 g/mol. The Morgan fingerprint density at radius 2 is 1.81 bits per heavy atom. The predicted molar refractivity (Wildman–Crippen MR) is 87.1 cm³/mol. The maximum Gasteiger partial charge on any atom is 0.230 e. The molecule has 0 aliphatic heterocycles. The first kappa shape index (κ1) is 15.7. The molecule has 0 fully saturated rings. The van der Waals surface area contributed by atoms with Crippen LogP contribution < -0.4 is 10.1 Å². The first-order valence-electron chi connectivity index (χ1n) is 6.57. The number of thioether (sulfide) groups is 1. The minimum atomic E-state index is -0.00777. The van der Waals surface area contributed by atoms with E-state index in [1.54, 1.807) is 12.1 Å². The third-order valence-corrected chi connectivity index (χ3v) is 3.96. The summed E-state index contributed by atoms with van der Waals surface area (Å²) in [4.78, 5) is 12.8. The van der Waals surface area contributed by atoms with E-state index in [1.807, 2.05) is 42.5 Å². The summed E-state index contributed by atoms with van der Waals surface area (Å²) in [5, 5.41) is 3.39. The van der Waals surface area contributed by atoms with Crippen LogP contribution in [0.1, 0.15) is 0 Å². The minimum absolute atomic E-state index is 0.00777. The maximum absolute atomic E-state index is 11.7. The Morgan fingerprint density at radius 1 is 1.10 bits per heavy atom. The number of nitrogens with one attached hydrogen (secondary N) is 1. The maximum atomic E-state index is 11.7. The van der Waals surface area contributed by atoms with E-state index in [9.17, 15) is 4.79 Å². The average molecular weight is 322 g/mol. The number of para-hydroxylation sites is 1. The van der Waals surface area contributed by atoms with Crippen molar-refractivity contribution < 1.29 is 9.53 Å². The summed E-state index contributed by atoms with van der Waals surface area (Å²) >= 11 is 7.48. The zero-order chi connectivity index (χ0) is 14.9. The second-order valence-electron chi connectivity index (χ2n) is 4.23. The molecule has 1 N–H and O–H groups in total. The van der Waals surface area contributed by atoms with Gasteiger partial charge in [-0.25, -0.2) is 0 Å². The highest BCUT2D eigenvalue weighted by molar-refractivity contribution is 8.00. The molecule has 0 aliphatic rings. The fourth-order valence-electron chi connectivity index (χ4n) is 1.63. The van der Waals surface area contributed by atoms with Crippen LogP contribution >= 0.6 is 23.4 Å². The third-order valence-electron chi connectivity index (χ3n) is 2.63. The number of hydrogen-bond donors (Lipinski definition) is 1. The van der Waals surface area contributed by atoms with Crippen molar-refractivity contribution in [1.29, 1.82) is 0 Å². The van der Waals surface area contributed by atoms with E-state index in [2.05, 4.69) is 5.32 Å². The molecule has 0 saturated heterocycles. The second kappa shape index (κ2) is 8.60. The van der Waals surface area contributed by atoms with Crippen LogP contribution in [0.25, 0.3) is 0 Å². The molecule has 21 heavy (non-hydrogen) atoms. The highest BCUT2D eigenvalue weighted by Gasteiger charge is 2.03. The number of rotatable bonds is 7. The van der Waals surface area contributed by atoms with Crippen LogP contribution in [0.15, 0.2) is 59.5 Å². The average Bonchev–Trinajstić information content (AvgIpc) is 2.52. The van der Waals surface area contributed by atoms with E-state index in [0.717, 1.165) is 4.90 Å². The van der Waals surface area contributed by atoms with Crippen molar-refractivity contribution in [3.63, 3.8) is 0 Å². The number of carbonyl (C=O) groups excluding carboxylic acids is 1. The molecule has 0 bridgehead atoms. The van der Waals surface area contributed by atoms with Crippen LogP contribution in [0.5, 0.6) is 5.75 Å². The number of ether oxygens (including phenoxy) is 1. The molecule has 0 radical (unpaired) electrons. The second-order valence-corrected chi connectivity index (χ2v) is 5.69. The zero-order valence-electron chi connectivity index (χ0n) is 11.4. The molecular weight excluding hydrogens is 306 g/mol. The van der Waals surface area contributed by atoms with Gasteiger partial charge in [-0.3, -0.25) is 4.79 Å². The number of hydrogen-bond acceptors (Lipinski definition) is 3. The summed E-state index contributed by atoms with van der Waals surface area (Å²) in [6, 6.07) is 17.1. The Hall–Kier alpha value is -1.65. The number of halogens is 1. The Morgan fingerprint density at radius 3 is 2.57 bits per heavy atom. The molecule has 2 aromatic carbocycles. The highest BCUT2D eigenvalue weighted by atomic mass is 35.5. The highest BCUT2D eigenvalue weighted by Crippen LogP contribution is 2.22. The van der Waals surface area contributed by atoms with Crippen LogP contribution in [0, 0.1) is 0 Å². The van der Waals surface area contributed by atoms with Crippen LogP contribution in [0.4, 0.5) is 0 Å². The number of carbonyl (C=O) groups is 1. The summed E-state index contributed by atoms with van der Waals surface area (Å²) in [5.74, 6) is 1.02. The fourth-order valence-corrected chi connectivity index (χ4v) is 2.57. The Kier molecular flexibility index (Phi) is 6.44. The van der Waals surface area contributed by atoms with Crippen molar-refractivity contribution in [2.24, 2.45) is 0 Å². The van der Waals surface area contributed by atoms with Crippen molar-refractivity contribution in [3.05, 3.63) is 59.6 Å². The Labute approximate surface area is 133 Å². The molecule has 110 valence electrons. The van der Waals surface area contributed by atoms with Gasteiger partial charge in [0.25, 0.3) is 0 Å². The van der Waals surface area contributed by atoms with Crippen molar-refractivity contribution in [2.75, 3.05) is 18.9 Å². The van der Waals surface area contributed by atoms with E-state index in [1.165, 1.54) is 11.8 Å². The fraction of sp³-hybridized carbons (Fsp3) is 0.188. The molecule has 0 unspecified atom stereocenters. The summed E-state index contributed by atoms with van der Waals surface area (Å²) < 4.78 is 5.50. The third kappa shape index (κ3) is 5.69. The molecule has 3 nitrogen and oxygen atoms in total. The summed E-state index contributed by atoms with van der Waals surface area (Å²) in [5.41, 5.74) is 0. The van der Waals surface area contributed by atoms with Crippen LogP contribution in [-0.4, -0.2) is 24.8 Å². The van der Waals surface area contributed by atoms with Crippen LogP contribution in [0.2, 0.25) is 5.02 Å². The lowest BCUT2D eigenvalue weighted by atomic mass is 10.3. The van der Waals surface area contributed by atoms with Gasteiger partial charge in [0.1, 0.15) is 12.4 Å². The standard InChI is InChI=1S/C16H16ClNO2S/c17-14-8-4-5-9-15(14)20-11-10-18-16(19)12-21-13-6-2-1-3-7-13/h1-9H,10-12H2,(H,18,19). The van der Waals surface area contributed by atoms with E-state index >= 15 is 0 Å². The quantitative estimate of drug-likeness (QED) is 0.625. The number of benzene rings is 2. The van der Waals surface area contributed by atoms with Crippen molar-refractivity contribution >= 4 is 29.3 Å². The van der Waals surface area contributed by atoms with Gasteiger partial charge in [0, 0.05) is 4.90 Å². The lowest BCUT2D eigenvalue weighted by molar-refractivity contribution is -0.118. The first-order chi connectivity index (χ1) is 10.3. The predicted octanol–water partition coefficient (Wildman–Crippen LogP) is 3.63. The van der Waals surface area contributed by atoms with E-state index in [-0.39, 0.29) is 5.91 Å². The molecule has 0 aromatic heterocycles. The van der Waals surface area contributed by atoms with Crippen LogP contribution in [-0.2, 0) is 4.79 Å². The molecule has 1 amide bonds. The van der Waals surface area contributed by atoms with Crippen LogP contribution in [0.3, 0.4) is 0 Å². The molecule has 0 spiro atoms. The van der Waals surface area contributed by atoms with Gasteiger partial charge >= 0.3 is 0 Å². The normalized spacial score (nSPS) is 10.1. The zero-order valence-corrected chi connectivity index (χ0v) is 13.0. The lowest BCUT2D eigenvalue weighted by Gasteiger charge is -2.08. The molecule has 0 saturated carbocycles. The molecule has 2 rings (SSSR count). The van der Waals surface area contributed by atoms with E-state index in [0.29, 0.717) is 29.7 Å². The molecule has 5 heteroatoms. The van der Waals surface area contributed by atoms with Gasteiger partial charge in [0.15, 0.2) is 0 Å². The largest absolute Gasteiger partial charge is 0.490 e. The lowest BCUT2D eigenvalue weighted by Crippen LogP contribution is -2.29. The first-order valence-corrected chi connectivity index (χ1v) is 7.94. The van der Waals surface area contributed by atoms with Gasteiger partial charge in [0.05, 0.1) is 17.3 Å². The smallest absolute Gasteiger partial charge is 0.230 e. The molecular formula is C16H16ClNO2S. The van der Waals surface area contributed by atoms with Gasteiger partial charge in [-0.15, -0.1) is 11.8 Å². The molecule has 0 atom stereocenters. The summed E-state index contributed by atoms with van der Waals surface area (Å²) in [6.45, 7) is 0.852. The van der Waals surface area contributed by atoms with Gasteiger partial charge in [-0.1, -0.05) is 41.9 Å². The molecule has 2 aromatic rings. The Balaban J connectivity index is 1.62. The van der Waals surface area contributed by atoms with E-state index < -0.39 is 0 Å². The van der Waals surface area contributed by atoms with Gasteiger partial charge in [0.2, 0.25) is 5.91 Å². The Bertz CT molecular complexity index is 577. The SMILES string of the molecule is O=C(CSc1ccccc1)NCCOc1ccccc1Cl. The molecule has 0 heterocycles. The van der Waals surface area contributed by atoms with Gasteiger partial charge < -0.3 is 10.1 Å². The van der Waals surface area contributed by atoms with Crippen molar-refractivity contribution in [3.8, 4) is 5.75 Å². The van der Waals surface area contributed by atoms with E-state index in [4.69, 9.17) is 16.3 Å². The van der Waals surface area contributed by atoms with Crippen molar-refractivity contribution in [1.82, 2.24) is 5.32 Å². The number of amides is 1. The molecule has 0 aliphatic carbocycles. The van der Waals surface area contributed by atoms with Crippen molar-refractivity contribution in [2.45, 2.75) is 4.90 Å². The summed E-state index contributed by atoms with van der Waals surface area (Å²) in [7, 11) is 0. The van der Waals surface area contributed by atoms with Gasteiger partial charge in [-0.05, 0) is 24.3 Å². The minimum Gasteiger partial charge on any atom is -0.490 e.